The van der Waals surface area contributed by atoms with Crippen LogP contribution in [0.1, 0.15) is 42.7 Å². The van der Waals surface area contributed by atoms with Crippen LogP contribution >= 0.6 is 0 Å². The molecule has 1 saturated heterocycles. The lowest BCUT2D eigenvalue weighted by atomic mass is 9.90. The van der Waals surface area contributed by atoms with E-state index in [0.29, 0.717) is 18.9 Å². The number of para-hydroxylation sites is 1. The van der Waals surface area contributed by atoms with E-state index in [0.717, 1.165) is 54.7 Å². The van der Waals surface area contributed by atoms with Crippen LogP contribution in [0.2, 0.25) is 0 Å². The number of likely N-dealkylation sites (tertiary alicyclic amines) is 1. The largest absolute Gasteiger partial charge is 0.493 e. The van der Waals surface area contributed by atoms with E-state index in [9.17, 15) is 4.79 Å². The highest BCUT2D eigenvalue weighted by Gasteiger charge is 2.25. The third-order valence-electron chi connectivity index (χ3n) is 5.64. The molecule has 0 unspecified atom stereocenters. The third kappa shape index (κ3) is 4.03. The van der Waals surface area contributed by atoms with E-state index >= 15 is 0 Å². The molecule has 1 aliphatic heterocycles. The number of ether oxygens (including phenoxy) is 1. The predicted octanol–water partition coefficient (Wildman–Crippen LogP) is 4.44. The Bertz CT molecular complexity index is 942. The molecule has 5 heteroatoms. The molecule has 0 radical (unpaired) electrons. The summed E-state index contributed by atoms with van der Waals surface area (Å²) in [7, 11) is 0. The first kappa shape index (κ1) is 18.5. The van der Waals surface area contributed by atoms with Crippen molar-refractivity contribution in [1.82, 2.24) is 14.9 Å². The number of pyridine rings is 1. The molecule has 5 nitrogen and oxygen atoms in total. The number of rotatable bonds is 6. The average Bonchev–Trinajstić information content (AvgIpc) is 3.16. The molecule has 1 aliphatic rings. The first-order chi connectivity index (χ1) is 13.7. The SMILES string of the molecule is Cc1ccccc1OCCCC(=O)N1CCC(c2c[nH]c3cccnc23)CC1. The molecule has 1 amide bonds. The normalized spacial score (nSPS) is 15.1. The number of benzene rings is 1. The maximum atomic E-state index is 12.5. The van der Waals surface area contributed by atoms with Gasteiger partial charge in [-0.1, -0.05) is 18.2 Å². The van der Waals surface area contributed by atoms with Crippen LogP contribution in [0.5, 0.6) is 5.75 Å². The van der Waals surface area contributed by atoms with Crippen LogP contribution < -0.4 is 4.74 Å². The topological polar surface area (TPSA) is 58.2 Å². The van der Waals surface area contributed by atoms with Crippen LogP contribution in [0.15, 0.2) is 48.8 Å². The highest BCUT2D eigenvalue weighted by atomic mass is 16.5. The number of amides is 1. The Labute approximate surface area is 165 Å². The monoisotopic (exact) mass is 377 g/mol. The fraction of sp³-hybridized carbons (Fsp3) is 0.391. The Morgan fingerprint density at radius 1 is 1.21 bits per heavy atom. The Morgan fingerprint density at radius 2 is 2.04 bits per heavy atom. The smallest absolute Gasteiger partial charge is 0.222 e. The Hall–Kier alpha value is -2.82. The second-order valence-electron chi connectivity index (χ2n) is 7.52. The standard InChI is InChI=1S/C23H27N3O2/c1-17-6-2-3-8-21(17)28-15-5-9-22(27)26-13-10-18(11-14-26)19-16-25-20-7-4-12-24-23(19)20/h2-4,6-8,12,16,18,25H,5,9-11,13-15H2,1H3. The van der Waals surface area contributed by atoms with E-state index in [4.69, 9.17) is 4.74 Å². The quantitative estimate of drug-likeness (QED) is 0.646. The minimum Gasteiger partial charge on any atom is -0.493 e. The molecule has 1 aromatic carbocycles. The van der Waals surface area contributed by atoms with Crippen LogP contribution in [0.4, 0.5) is 0 Å². The van der Waals surface area contributed by atoms with Gasteiger partial charge in [-0.25, -0.2) is 0 Å². The Kier molecular flexibility index (Phi) is 5.60. The first-order valence-corrected chi connectivity index (χ1v) is 10.1. The van der Waals surface area contributed by atoms with Crippen LogP contribution in [-0.2, 0) is 4.79 Å². The van der Waals surface area contributed by atoms with Crippen molar-refractivity contribution in [3.63, 3.8) is 0 Å². The number of hydrogen-bond acceptors (Lipinski definition) is 3. The molecular formula is C23H27N3O2. The summed E-state index contributed by atoms with van der Waals surface area (Å²) in [5, 5.41) is 0. The molecule has 3 heterocycles. The average molecular weight is 377 g/mol. The third-order valence-corrected chi connectivity index (χ3v) is 5.64. The molecule has 1 fully saturated rings. The first-order valence-electron chi connectivity index (χ1n) is 10.1. The maximum Gasteiger partial charge on any atom is 0.222 e. The van der Waals surface area contributed by atoms with Gasteiger partial charge in [0.05, 0.1) is 17.6 Å². The van der Waals surface area contributed by atoms with Gasteiger partial charge < -0.3 is 14.6 Å². The van der Waals surface area contributed by atoms with Gasteiger partial charge in [-0.3, -0.25) is 9.78 Å². The minimum absolute atomic E-state index is 0.240. The maximum absolute atomic E-state index is 12.5. The number of carbonyl (C=O) groups excluding carboxylic acids is 1. The van der Waals surface area contributed by atoms with Crippen LogP contribution in [0.3, 0.4) is 0 Å². The van der Waals surface area contributed by atoms with Gasteiger partial charge >= 0.3 is 0 Å². The van der Waals surface area contributed by atoms with E-state index in [2.05, 4.69) is 22.2 Å². The Balaban J connectivity index is 1.23. The summed E-state index contributed by atoms with van der Waals surface area (Å²) in [4.78, 5) is 22.4. The Morgan fingerprint density at radius 3 is 2.86 bits per heavy atom. The van der Waals surface area contributed by atoms with Crippen LogP contribution in [0, 0.1) is 6.92 Å². The van der Waals surface area contributed by atoms with E-state index in [1.165, 1.54) is 5.56 Å². The van der Waals surface area contributed by atoms with Gasteiger partial charge in [0.1, 0.15) is 5.75 Å². The second-order valence-corrected chi connectivity index (χ2v) is 7.52. The van der Waals surface area contributed by atoms with Crippen LogP contribution in [-0.4, -0.2) is 40.5 Å². The van der Waals surface area contributed by atoms with Crippen molar-refractivity contribution in [1.29, 1.82) is 0 Å². The van der Waals surface area contributed by atoms with Gasteiger partial charge in [-0.2, -0.15) is 0 Å². The lowest BCUT2D eigenvalue weighted by Gasteiger charge is -2.32. The molecule has 146 valence electrons. The summed E-state index contributed by atoms with van der Waals surface area (Å²) in [5.41, 5.74) is 4.57. The van der Waals surface area contributed by atoms with Gasteiger partial charge in [0.15, 0.2) is 0 Å². The number of hydrogen-bond donors (Lipinski definition) is 1. The summed E-state index contributed by atoms with van der Waals surface area (Å²) in [6, 6.07) is 12.0. The molecule has 0 bridgehead atoms. The summed E-state index contributed by atoms with van der Waals surface area (Å²) in [5.74, 6) is 1.61. The molecule has 0 saturated carbocycles. The number of aromatic nitrogens is 2. The van der Waals surface area contributed by atoms with E-state index in [1.807, 2.05) is 48.4 Å². The zero-order valence-corrected chi connectivity index (χ0v) is 16.4. The number of aromatic amines is 1. The van der Waals surface area contributed by atoms with E-state index in [-0.39, 0.29) is 5.91 Å². The number of nitrogens with zero attached hydrogens (tertiary/aromatic N) is 2. The number of carbonyl (C=O) groups is 1. The second kappa shape index (κ2) is 8.46. The fourth-order valence-corrected chi connectivity index (χ4v) is 4.01. The summed E-state index contributed by atoms with van der Waals surface area (Å²) >= 11 is 0. The molecule has 0 spiro atoms. The molecule has 4 rings (SSSR count). The summed E-state index contributed by atoms with van der Waals surface area (Å²) in [6.07, 6.45) is 7.22. The van der Waals surface area contributed by atoms with Crippen molar-refractivity contribution in [3.05, 3.63) is 59.9 Å². The number of H-pyrrole nitrogens is 1. The van der Waals surface area contributed by atoms with Crippen molar-refractivity contribution in [2.24, 2.45) is 0 Å². The molecule has 1 N–H and O–H groups in total. The minimum atomic E-state index is 0.240. The highest BCUT2D eigenvalue weighted by Crippen LogP contribution is 2.32. The molecular weight excluding hydrogens is 350 g/mol. The lowest BCUT2D eigenvalue weighted by Crippen LogP contribution is -2.37. The van der Waals surface area contributed by atoms with E-state index in [1.54, 1.807) is 0 Å². The van der Waals surface area contributed by atoms with Crippen molar-refractivity contribution in [3.8, 4) is 5.75 Å². The van der Waals surface area contributed by atoms with Crippen molar-refractivity contribution in [2.75, 3.05) is 19.7 Å². The van der Waals surface area contributed by atoms with Gasteiger partial charge in [0, 0.05) is 31.9 Å². The number of piperidine rings is 1. The van der Waals surface area contributed by atoms with Gasteiger partial charge in [0.25, 0.3) is 0 Å². The summed E-state index contributed by atoms with van der Waals surface area (Å²) < 4.78 is 5.80. The van der Waals surface area contributed by atoms with E-state index < -0.39 is 0 Å². The fourth-order valence-electron chi connectivity index (χ4n) is 4.01. The van der Waals surface area contributed by atoms with Gasteiger partial charge in [-0.05, 0) is 61.4 Å². The molecule has 3 aromatic rings. The zero-order chi connectivity index (χ0) is 19.3. The number of fused-ring (bicyclic) bond motifs is 1. The highest BCUT2D eigenvalue weighted by molar-refractivity contribution is 5.79. The van der Waals surface area contributed by atoms with Crippen LogP contribution in [0.25, 0.3) is 11.0 Å². The predicted molar refractivity (Wildman–Crippen MR) is 111 cm³/mol. The number of nitrogens with one attached hydrogen (secondary N) is 1. The lowest BCUT2D eigenvalue weighted by molar-refractivity contribution is -0.132. The van der Waals surface area contributed by atoms with Gasteiger partial charge in [-0.15, -0.1) is 0 Å². The van der Waals surface area contributed by atoms with Crippen molar-refractivity contribution in [2.45, 2.75) is 38.5 Å². The molecule has 2 aromatic heterocycles. The number of aryl methyl sites for hydroxylation is 1. The van der Waals surface area contributed by atoms with Crippen molar-refractivity contribution >= 4 is 16.9 Å². The molecule has 0 atom stereocenters. The van der Waals surface area contributed by atoms with Gasteiger partial charge in [0.2, 0.25) is 5.91 Å². The van der Waals surface area contributed by atoms with Crippen molar-refractivity contribution < 1.29 is 9.53 Å². The molecule has 28 heavy (non-hydrogen) atoms. The zero-order valence-electron chi connectivity index (χ0n) is 16.4. The molecule has 0 aliphatic carbocycles. The summed E-state index contributed by atoms with van der Waals surface area (Å²) in [6.45, 7) is 4.26.